The molecule has 2 atom stereocenters. The van der Waals surface area contributed by atoms with Crippen molar-refractivity contribution in [3.8, 4) is 28.5 Å². The van der Waals surface area contributed by atoms with E-state index in [1.165, 1.54) is 26.2 Å². The van der Waals surface area contributed by atoms with Gasteiger partial charge in [-0.1, -0.05) is 0 Å². The minimum absolute atomic E-state index is 0.102. The zero-order valence-electron chi connectivity index (χ0n) is 21.9. The first-order chi connectivity index (χ1) is 19.2. The van der Waals surface area contributed by atoms with E-state index in [-0.39, 0.29) is 34.4 Å². The van der Waals surface area contributed by atoms with Crippen molar-refractivity contribution in [1.29, 1.82) is 0 Å². The van der Waals surface area contributed by atoms with Gasteiger partial charge in [0.05, 0.1) is 25.5 Å². The minimum atomic E-state index is -4.96. The lowest BCUT2D eigenvalue weighted by molar-refractivity contribution is -0.191. The van der Waals surface area contributed by atoms with Gasteiger partial charge in [0.2, 0.25) is 0 Å². The smallest absolute Gasteiger partial charge is 0.414 e. The number of amides is 1. The van der Waals surface area contributed by atoms with E-state index in [9.17, 15) is 31.9 Å². The van der Waals surface area contributed by atoms with E-state index in [0.29, 0.717) is 11.5 Å². The fourth-order valence-corrected chi connectivity index (χ4v) is 4.34. The number of halogens is 5. The molecule has 1 aliphatic heterocycles. The molecule has 2 heterocycles. The number of pyridine rings is 1. The molecule has 0 bridgehead atoms. The van der Waals surface area contributed by atoms with Crippen LogP contribution in [0.4, 0.5) is 22.0 Å². The Labute approximate surface area is 231 Å². The Hall–Kier alpha value is -3.97. The first kappa shape index (κ1) is 28.6. The second kappa shape index (κ2) is 10.1. The molecule has 8 nitrogen and oxygen atoms in total. The Bertz CT molecular complexity index is 1510. The van der Waals surface area contributed by atoms with Crippen LogP contribution in [-0.2, 0) is 11.1 Å². The highest BCUT2D eigenvalue weighted by molar-refractivity contribution is 5.95. The van der Waals surface area contributed by atoms with Crippen molar-refractivity contribution in [3.63, 3.8) is 0 Å². The molecule has 1 aromatic heterocycles. The van der Waals surface area contributed by atoms with Crippen molar-refractivity contribution in [2.24, 2.45) is 5.73 Å². The molecule has 41 heavy (non-hydrogen) atoms. The summed E-state index contributed by atoms with van der Waals surface area (Å²) in [6, 6.07) is 8.13. The van der Waals surface area contributed by atoms with E-state index >= 15 is 0 Å². The van der Waals surface area contributed by atoms with Gasteiger partial charge >= 0.3 is 6.18 Å². The van der Waals surface area contributed by atoms with Gasteiger partial charge in [0.1, 0.15) is 17.9 Å². The number of hydrogen-bond donors (Lipinski definition) is 3. The van der Waals surface area contributed by atoms with Crippen molar-refractivity contribution in [2.45, 2.75) is 43.2 Å². The van der Waals surface area contributed by atoms with E-state index < -0.39 is 53.6 Å². The summed E-state index contributed by atoms with van der Waals surface area (Å²) in [5, 5.41) is 13.8. The third kappa shape index (κ3) is 5.38. The molecule has 1 fully saturated rings. The maximum atomic E-state index is 14.0. The van der Waals surface area contributed by atoms with Crippen molar-refractivity contribution < 1.29 is 46.1 Å². The van der Waals surface area contributed by atoms with Gasteiger partial charge in [0, 0.05) is 16.7 Å². The van der Waals surface area contributed by atoms with Gasteiger partial charge in [0.15, 0.2) is 34.4 Å². The van der Waals surface area contributed by atoms with E-state index in [4.69, 9.17) is 19.9 Å². The van der Waals surface area contributed by atoms with E-state index in [1.54, 1.807) is 6.07 Å². The van der Waals surface area contributed by atoms with Crippen molar-refractivity contribution >= 4 is 5.91 Å². The van der Waals surface area contributed by atoms with Crippen LogP contribution in [0.2, 0.25) is 0 Å². The number of alkyl halides is 3. The van der Waals surface area contributed by atoms with Crippen LogP contribution >= 0.6 is 0 Å². The second-order valence-electron chi connectivity index (χ2n) is 10.3. The highest BCUT2D eigenvalue weighted by Gasteiger charge is 2.59. The van der Waals surface area contributed by atoms with Gasteiger partial charge in [-0.3, -0.25) is 4.79 Å². The van der Waals surface area contributed by atoms with Crippen LogP contribution < -0.4 is 25.3 Å². The Morgan fingerprint density at radius 1 is 1.15 bits per heavy atom. The van der Waals surface area contributed by atoms with Gasteiger partial charge < -0.3 is 30.4 Å². The highest BCUT2D eigenvalue weighted by Crippen LogP contribution is 2.49. The molecule has 0 saturated heterocycles. The average molecular weight is 580 g/mol. The Balaban J connectivity index is 1.47. The molecule has 0 unspecified atom stereocenters. The molecule has 2 aromatic carbocycles. The molecule has 1 saturated carbocycles. The number of benzene rings is 2. The molecule has 13 heteroatoms. The van der Waals surface area contributed by atoms with Gasteiger partial charge in [-0.15, -0.1) is 0 Å². The van der Waals surface area contributed by atoms with Crippen LogP contribution in [0.25, 0.3) is 11.3 Å². The quantitative estimate of drug-likeness (QED) is 0.341. The molecule has 1 amide bonds. The van der Waals surface area contributed by atoms with Crippen LogP contribution in [0, 0.1) is 11.6 Å². The summed E-state index contributed by atoms with van der Waals surface area (Å²) in [4.78, 5) is 17.2. The number of hydrogen-bond acceptors (Lipinski definition) is 7. The SMILES string of the molecule is COc1cc(C(=O)NC[C@](C)(O)c2cc3c(c(-c4ccc(F)c(F)c4)n2)OC[C@@]3(N)C(F)(F)F)ccc1OC1CC1. The third-order valence-electron chi connectivity index (χ3n) is 6.99. The average Bonchev–Trinajstić information content (AvgIpc) is 3.68. The number of nitrogens with one attached hydrogen (secondary N) is 1. The number of fused-ring (bicyclic) bond motifs is 1. The number of ether oxygens (including phenoxy) is 3. The van der Waals surface area contributed by atoms with Gasteiger partial charge in [0.25, 0.3) is 5.91 Å². The summed E-state index contributed by atoms with van der Waals surface area (Å²) < 4.78 is 86.1. The Kier molecular flexibility index (Phi) is 7.06. The molecule has 3 aromatic rings. The number of aromatic nitrogens is 1. The van der Waals surface area contributed by atoms with Gasteiger partial charge in [-0.2, -0.15) is 13.2 Å². The molecule has 5 rings (SSSR count). The monoisotopic (exact) mass is 579 g/mol. The number of nitrogens with zero attached hydrogens (tertiary/aromatic N) is 1. The van der Waals surface area contributed by atoms with Crippen LogP contribution in [0.5, 0.6) is 17.2 Å². The van der Waals surface area contributed by atoms with E-state index in [1.807, 2.05) is 0 Å². The summed E-state index contributed by atoms with van der Waals surface area (Å²) in [7, 11) is 1.42. The first-order valence-electron chi connectivity index (χ1n) is 12.6. The summed E-state index contributed by atoms with van der Waals surface area (Å²) in [6.45, 7) is -0.247. The molecule has 218 valence electrons. The number of aliphatic hydroxyl groups is 1. The maximum absolute atomic E-state index is 14.0. The Morgan fingerprint density at radius 2 is 1.88 bits per heavy atom. The van der Waals surface area contributed by atoms with Gasteiger partial charge in [-0.25, -0.2) is 13.8 Å². The predicted octanol–water partition coefficient (Wildman–Crippen LogP) is 4.32. The second-order valence-corrected chi connectivity index (χ2v) is 10.3. The molecule has 0 radical (unpaired) electrons. The van der Waals surface area contributed by atoms with Crippen LogP contribution in [0.15, 0.2) is 42.5 Å². The summed E-state index contributed by atoms with van der Waals surface area (Å²) >= 11 is 0. The Morgan fingerprint density at radius 3 is 2.51 bits per heavy atom. The zero-order valence-corrected chi connectivity index (χ0v) is 21.9. The third-order valence-corrected chi connectivity index (χ3v) is 6.99. The zero-order chi connectivity index (χ0) is 29.7. The molecular formula is C28H26F5N3O5. The minimum Gasteiger partial charge on any atom is -0.493 e. The van der Waals surface area contributed by atoms with Crippen molar-refractivity contribution in [2.75, 3.05) is 20.3 Å². The fraction of sp³-hybridized carbons (Fsp3) is 0.357. The lowest BCUT2D eigenvalue weighted by Gasteiger charge is -2.28. The number of rotatable bonds is 8. The lowest BCUT2D eigenvalue weighted by atomic mass is 9.88. The number of carbonyl (C=O) groups is 1. The standard InChI is InChI=1S/C28H26F5N3O5/c1-26(38,12-35-25(37)15-4-8-20(21(10-15)39-2)41-16-5-6-16)22-11-17-24(40-13-27(17,34)28(31,32)33)23(36-22)14-3-7-18(29)19(30)9-14/h3-4,7-11,16,38H,5-6,12-13,34H2,1-2H3,(H,35,37)/t26-,27-/m0/s1. The topological polar surface area (TPSA) is 116 Å². The largest absolute Gasteiger partial charge is 0.493 e. The number of nitrogens with two attached hydrogens (primary N) is 1. The molecular weight excluding hydrogens is 553 g/mol. The van der Waals surface area contributed by atoms with E-state index in [0.717, 1.165) is 37.1 Å². The summed E-state index contributed by atoms with van der Waals surface area (Å²) in [6.07, 6.45) is -3.01. The summed E-state index contributed by atoms with van der Waals surface area (Å²) in [5.74, 6) is -2.62. The van der Waals surface area contributed by atoms with Crippen molar-refractivity contribution in [3.05, 3.63) is 70.9 Å². The highest BCUT2D eigenvalue weighted by atomic mass is 19.4. The van der Waals surface area contributed by atoms with Crippen molar-refractivity contribution in [1.82, 2.24) is 10.3 Å². The molecule has 1 aliphatic carbocycles. The number of methoxy groups -OCH3 is 1. The molecule has 0 spiro atoms. The number of carbonyl (C=O) groups excluding carboxylic acids is 1. The normalized spacial score (nSPS) is 19.6. The lowest BCUT2D eigenvalue weighted by Crippen LogP contribution is -2.52. The molecule has 4 N–H and O–H groups in total. The van der Waals surface area contributed by atoms with Crippen LogP contribution in [-0.4, -0.2) is 48.5 Å². The fourth-order valence-electron chi connectivity index (χ4n) is 4.34. The van der Waals surface area contributed by atoms with Crippen LogP contribution in [0.3, 0.4) is 0 Å². The summed E-state index contributed by atoms with van der Waals surface area (Å²) in [5.41, 5.74) is -0.318. The van der Waals surface area contributed by atoms with Crippen LogP contribution in [0.1, 0.15) is 41.4 Å². The molecule has 2 aliphatic rings. The van der Waals surface area contributed by atoms with Gasteiger partial charge in [-0.05, 0) is 62.2 Å². The van der Waals surface area contributed by atoms with E-state index in [2.05, 4.69) is 10.3 Å². The first-order valence-corrected chi connectivity index (χ1v) is 12.6. The predicted molar refractivity (Wildman–Crippen MR) is 136 cm³/mol. The maximum Gasteiger partial charge on any atom is 0.414 e.